The van der Waals surface area contributed by atoms with Gasteiger partial charge in [0.05, 0.1) is 44.8 Å². The van der Waals surface area contributed by atoms with Crippen LogP contribution in [0.5, 0.6) is 23.0 Å². The highest BCUT2D eigenvalue weighted by molar-refractivity contribution is 5.95. The van der Waals surface area contributed by atoms with Crippen LogP contribution in [0.25, 0.3) is 0 Å². The molecule has 0 saturated carbocycles. The molecule has 222 valence electrons. The third-order valence-corrected chi connectivity index (χ3v) is 6.20. The fourth-order valence-corrected chi connectivity index (χ4v) is 3.98. The predicted octanol–water partition coefficient (Wildman–Crippen LogP) is 3.39. The topological polar surface area (TPSA) is 149 Å². The molecule has 1 aliphatic rings. The zero-order valence-electron chi connectivity index (χ0n) is 24.1. The number of benzene rings is 2. The Hall–Kier alpha value is -4.45. The maximum atomic E-state index is 12.4. The Kier molecular flexibility index (Phi) is 11.2. The Morgan fingerprint density at radius 3 is 2.54 bits per heavy atom. The molecule has 3 atom stereocenters. The number of aliphatic hydroxyl groups excluding tert-OH is 1. The molecule has 12 nitrogen and oxygen atoms in total. The minimum atomic E-state index is -1.13. The third kappa shape index (κ3) is 8.27. The van der Waals surface area contributed by atoms with E-state index >= 15 is 0 Å². The minimum absolute atomic E-state index is 0.0588. The Balaban J connectivity index is 1.66. The van der Waals surface area contributed by atoms with Crippen LogP contribution in [0.15, 0.2) is 52.8 Å². The van der Waals surface area contributed by atoms with E-state index in [2.05, 4.69) is 21.2 Å². The monoisotopic (exact) mass is 570 g/mol. The maximum absolute atomic E-state index is 12.4. The number of carbonyl (C=O) groups is 2. The molecule has 1 heterocycles. The summed E-state index contributed by atoms with van der Waals surface area (Å²) in [4.78, 5) is 24.5. The van der Waals surface area contributed by atoms with Crippen LogP contribution in [0.1, 0.15) is 51.3 Å². The molecule has 0 bridgehead atoms. The van der Waals surface area contributed by atoms with Crippen molar-refractivity contribution in [3.05, 3.63) is 58.8 Å². The number of nitrogens with zero attached hydrogens (tertiary/aromatic N) is 1. The molecule has 1 aliphatic heterocycles. The lowest BCUT2D eigenvalue weighted by Crippen LogP contribution is -2.45. The molecular formula is C29H38N4O8. The zero-order chi connectivity index (χ0) is 29.9. The van der Waals surface area contributed by atoms with E-state index in [1.807, 2.05) is 32.9 Å². The van der Waals surface area contributed by atoms with Crippen LogP contribution in [0, 0.1) is 0 Å². The predicted molar refractivity (Wildman–Crippen MR) is 152 cm³/mol. The van der Waals surface area contributed by atoms with Crippen molar-refractivity contribution in [2.24, 2.45) is 5.10 Å². The summed E-state index contributed by atoms with van der Waals surface area (Å²) in [6.45, 7) is 7.67. The van der Waals surface area contributed by atoms with Gasteiger partial charge in [-0.05, 0) is 68.7 Å². The van der Waals surface area contributed by atoms with Gasteiger partial charge in [-0.15, -0.1) is 0 Å². The van der Waals surface area contributed by atoms with Crippen molar-refractivity contribution in [1.82, 2.24) is 16.1 Å². The molecule has 0 spiro atoms. The standard InChI is InChI=1S/C29H38N4O8/c1-7-17(3)41-22-11-9-19(13-23(22)37-5)15-30-33-25(34)16-40-21-12-10-20(14-24(21)39-8-2)27-26(28(35)38-6)18(4)31-29(36)32-27/h9-15,17,25,27,33-34H,7-8,16H2,1-6H3,(H2,31,32,36)/b30-15-/t17-,25+,27+/m1/s1. The van der Waals surface area contributed by atoms with Crippen LogP contribution in [0.2, 0.25) is 0 Å². The van der Waals surface area contributed by atoms with Crippen molar-refractivity contribution < 1.29 is 38.4 Å². The van der Waals surface area contributed by atoms with Gasteiger partial charge >= 0.3 is 12.0 Å². The number of aliphatic hydroxyl groups is 1. The number of ether oxygens (including phenoxy) is 5. The second kappa shape index (κ2) is 14.8. The summed E-state index contributed by atoms with van der Waals surface area (Å²) in [7, 11) is 2.85. The first kappa shape index (κ1) is 31.1. The highest BCUT2D eigenvalue weighted by Gasteiger charge is 2.32. The number of carbonyl (C=O) groups excluding carboxylic acids is 2. The number of urea groups is 1. The van der Waals surface area contributed by atoms with Crippen LogP contribution in [0.3, 0.4) is 0 Å². The molecule has 2 amide bonds. The van der Waals surface area contributed by atoms with E-state index in [4.69, 9.17) is 23.7 Å². The summed E-state index contributed by atoms with van der Waals surface area (Å²) < 4.78 is 27.7. The van der Waals surface area contributed by atoms with E-state index in [1.54, 1.807) is 44.5 Å². The lowest BCUT2D eigenvalue weighted by atomic mass is 9.95. The first-order chi connectivity index (χ1) is 19.7. The van der Waals surface area contributed by atoms with Crippen LogP contribution in [-0.4, -0.2) is 63.1 Å². The number of amides is 2. The third-order valence-electron chi connectivity index (χ3n) is 6.20. The molecule has 2 aromatic carbocycles. The van der Waals surface area contributed by atoms with Crippen molar-refractivity contribution >= 4 is 18.2 Å². The van der Waals surface area contributed by atoms with E-state index < -0.39 is 24.3 Å². The largest absolute Gasteiger partial charge is 0.493 e. The smallest absolute Gasteiger partial charge is 0.337 e. The van der Waals surface area contributed by atoms with Gasteiger partial charge in [-0.25, -0.2) is 9.59 Å². The number of nitrogens with one attached hydrogen (secondary N) is 3. The average molecular weight is 571 g/mol. The lowest BCUT2D eigenvalue weighted by Gasteiger charge is -2.28. The molecule has 41 heavy (non-hydrogen) atoms. The summed E-state index contributed by atoms with van der Waals surface area (Å²) >= 11 is 0. The van der Waals surface area contributed by atoms with Crippen molar-refractivity contribution in [2.75, 3.05) is 27.4 Å². The zero-order valence-corrected chi connectivity index (χ0v) is 24.1. The number of hydrogen-bond acceptors (Lipinski definition) is 10. The normalized spacial score (nSPS) is 16.4. The highest BCUT2D eigenvalue weighted by Crippen LogP contribution is 2.35. The van der Waals surface area contributed by atoms with Gasteiger partial charge in [0.1, 0.15) is 6.61 Å². The second-order valence-electron chi connectivity index (χ2n) is 9.16. The minimum Gasteiger partial charge on any atom is -0.493 e. The summed E-state index contributed by atoms with van der Waals surface area (Å²) in [5.41, 5.74) is 4.63. The lowest BCUT2D eigenvalue weighted by molar-refractivity contribution is -0.136. The van der Waals surface area contributed by atoms with Crippen LogP contribution < -0.4 is 35.0 Å². The summed E-state index contributed by atoms with van der Waals surface area (Å²) in [5.74, 6) is 1.40. The molecule has 0 aliphatic carbocycles. The molecule has 2 aromatic rings. The Morgan fingerprint density at radius 2 is 1.85 bits per heavy atom. The van der Waals surface area contributed by atoms with Crippen LogP contribution >= 0.6 is 0 Å². The van der Waals surface area contributed by atoms with Crippen molar-refractivity contribution in [3.8, 4) is 23.0 Å². The fourth-order valence-electron chi connectivity index (χ4n) is 3.98. The molecular weight excluding hydrogens is 532 g/mol. The van der Waals surface area contributed by atoms with Gasteiger partial charge < -0.3 is 39.4 Å². The van der Waals surface area contributed by atoms with Crippen LogP contribution in [-0.2, 0) is 9.53 Å². The van der Waals surface area contributed by atoms with Gasteiger partial charge in [-0.1, -0.05) is 13.0 Å². The van der Waals surface area contributed by atoms with E-state index in [9.17, 15) is 14.7 Å². The molecule has 0 aromatic heterocycles. The Bertz CT molecular complexity index is 1280. The number of hydrogen-bond donors (Lipinski definition) is 4. The molecule has 0 fully saturated rings. The van der Waals surface area contributed by atoms with Crippen molar-refractivity contribution in [1.29, 1.82) is 0 Å². The first-order valence-electron chi connectivity index (χ1n) is 13.3. The molecule has 3 rings (SSSR count). The first-order valence-corrected chi connectivity index (χ1v) is 13.3. The van der Waals surface area contributed by atoms with Gasteiger partial charge in [0.15, 0.2) is 29.2 Å². The highest BCUT2D eigenvalue weighted by atomic mass is 16.5. The molecule has 4 N–H and O–H groups in total. The number of allylic oxidation sites excluding steroid dienone is 1. The van der Waals surface area contributed by atoms with Crippen molar-refractivity contribution in [3.63, 3.8) is 0 Å². The molecule has 0 saturated heterocycles. The van der Waals surface area contributed by atoms with E-state index in [-0.39, 0.29) is 18.3 Å². The van der Waals surface area contributed by atoms with E-state index in [1.165, 1.54) is 7.11 Å². The number of methoxy groups -OCH3 is 2. The molecule has 0 unspecified atom stereocenters. The Morgan fingerprint density at radius 1 is 1.10 bits per heavy atom. The molecule has 12 heteroatoms. The maximum Gasteiger partial charge on any atom is 0.337 e. The van der Waals surface area contributed by atoms with E-state index in [0.29, 0.717) is 40.9 Å². The van der Waals surface area contributed by atoms with Gasteiger partial charge in [-0.2, -0.15) is 5.10 Å². The number of esters is 1. The quantitative estimate of drug-likeness (QED) is 0.116. The number of rotatable bonds is 14. The summed E-state index contributed by atoms with van der Waals surface area (Å²) in [6, 6.07) is 9.25. The van der Waals surface area contributed by atoms with Crippen molar-refractivity contribution in [2.45, 2.75) is 52.5 Å². The van der Waals surface area contributed by atoms with Gasteiger partial charge in [0, 0.05) is 5.70 Å². The fraction of sp³-hybridized carbons (Fsp3) is 0.414. The number of hydrazone groups is 1. The van der Waals surface area contributed by atoms with Gasteiger partial charge in [-0.3, -0.25) is 5.43 Å². The van der Waals surface area contributed by atoms with Crippen LogP contribution in [0.4, 0.5) is 4.79 Å². The molecule has 0 radical (unpaired) electrons. The van der Waals surface area contributed by atoms with E-state index in [0.717, 1.165) is 12.0 Å². The average Bonchev–Trinajstić information content (AvgIpc) is 2.96. The second-order valence-corrected chi connectivity index (χ2v) is 9.16. The SMILES string of the molecule is CCOc1cc([C@@H]2NC(=O)NC(C)=C2C(=O)OC)ccc1OC[C@H](O)N/N=C\c1ccc(O[C@H](C)CC)c(OC)c1. The Labute approximate surface area is 239 Å². The van der Waals surface area contributed by atoms with Gasteiger partial charge in [0.2, 0.25) is 0 Å². The summed E-state index contributed by atoms with van der Waals surface area (Å²) in [5, 5.41) is 19.8. The summed E-state index contributed by atoms with van der Waals surface area (Å²) in [6.07, 6.45) is 1.34. The van der Waals surface area contributed by atoms with Gasteiger partial charge in [0.25, 0.3) is 0 Å².